The molecule has 1 aromatic heterocycles. The lowest BCUT2D eigenvalue weighted by Crippen LogP contribution is -2.43. The van der Waals surface area contributed by atoms with Crippen LogP contribution in [0.4, 0.5) is 0 Å². The van der Waals surface area contributed by atoms with Gasteiger partial charge < -0.3 is 19.7 Å². The molecule has 0 unspecified atom stereocenters. The largest absolute Gasteiger partial charge is 0.468 e. The Morgan fingerprint density at radius 1 is 1.43 bits per heavy atom. The van der Waals surface area contributed by atoms with Crippen molar-refractivity contribution in [3.05, 3.63) is 11.8 Å². The number of hydrogen-bond donors (Lipinski definition) is 1. The second kappa shape index (κ2) is 7.07. The first-order valence-corrected chi connectivity index (χ1v) is 6.92. The van der Waals surface area contributed by atoms with Crippen molar-refractivity contribution in [2.24, 2.45) is 7.05 Å². The lowest BCUT2D eigenvalue weighted by molar-refractivity contribution is -0.137. The number of aromatic nitrogens is 2. The van der Waals surface area contributed by atoms with Crippen LogP contribution in [-0.2, 0) is 16.6 Å². The highest BCUT2D eigenvalue weighted by Gasteiger charge is 2.19. The van der Waals surface area contributed by atoms with E-state index in [2.05, 4.69) is 10.4 Å². The Morgan fingerprint density at radius 3 is 2.81 bits per heavy atom. The van der Waals surface area contributed by atoms with Gasteiger partial charge in [0, 0.05) is 32.7 Å². The van der Waals surface area contributed by atoms with Gasteiger partial charge in [0.15, 0.2) is 12.3 Å². The summed E-state index contributed by atoms with van der Waals surface area (Å²) in [7, 11) is 1.66. The highest BCUT2D eigenvalue weighted by Crippen LogP contribution is 2.12. The minimum absolute atomic E-state index is 0.0750. The van der Waals surface area contributed by atoms with Crippen LogP contribution in [-0.4, -0.2) is 65.9 Å². The summed E-state index contributed by atoms with van der Waals surface area (Å²) in [6.07, 6.45) is 0. The first-order valence-electron chi connectivity index (χ1n) is 6.92. The van der Waals surface area contributed by atoms with E-state index in [9.17, 15) is 9.59 Å². The number of nitrogens with zero attached hydrogens (tertiary/aromatic N) is 3. The number of morpholine rings is 1. The summed E-state index contributed by atoms with van der Waals surface area (Å²) >= 11 is 0. The summed E-state index contributed by atoms with van der Waals surface area (Å²) < 4.78 is 12.1. The number of rotatable bonds is 5. The number of nitrogens with one attached hydrogen (secondary N) is 1. The summed E-state index contributed by atoms with van der Waals surface area (Å²) in [5.74, 6) is 0.0272. The van der Waals surface area contributed by atoms with E-state index in [1.165, 1.54) is 10.7 Å². The molecule has 1 saturated heterocycles. The topological polar surface area (TPSA) is 85.7 Å². The molecule has 21 heavy (non-hydrogen) atoms. The SMILES string of the molecule is CCNC(=O)c1cc(OCC(=O)N2CCOCC2)n(C)n1. The third-order valence-electron chi connectivity index (χ3n) is 3.11. The molecule has 116 valence electrons. The molecule has 1 aliphatic heterocycles. The van der Waals surface area contributed by atoms with Crippen LogP contribution < -0.4 is 10.1 Å². The van der Waals surface area contributed by atoms with E-state index in [1.807, 2.05) is 6.92 Å². The second-order valence-corrected chi connectivity index (χ2v) is 4.63. The first kappa shape index (κ1) is 15.3. The molecule has 1 aromatic rings. The number of amides is 2. The summed E-state index contributed by atoms with van der Waals surface area (Å²) in [5.41, 5.74) is 0.271. The normalized spacial score (nSPS) is 14.9. The summed E-state index contributed by atoms with van der Waals surface area (Å²) in [6.45, 7) is 4.56. The average Bonchev–Trinajstić information content (AvgIpc) is 2.87. The molecule has 1 fully saturated rings. The van der Waals surface area contributed by atoms with Gasteiger partial charge in [-0.25, -0.2) is 4.68 Å². The Kier molecular flexibility index (Phi) is 5.15. The van der Waals surface area contributed by atoms with E-state index in [0.717, 1.165) is 0 Å². The van der Waals surface area contributed by atoms with Crippen LogP contribution in [0, 0.1) is 0 Å². The Bertz CT molecular complexity index is 508. The van der Waals surface area contributed by atoms with Crippen molar-refractivity contribution in [3.8, 4) is 5.88 Å². The number of carbonyl (C=O) groups excluding carboxylic acids is 2. The molecular formula is C13H20N4O4. The van der Waals surface area contributed by atoms with Gasteiger partial charge in [0.1, 0.15) is 0 Å². The maximum absolute atomic E-state index is 12.0. The van der Waals surface area contributed by atoms with Crippen molar-refractivity contribution in [2.75, 3.05) is 39.5 Å². The molecule has 2 amide bonds. The number of hydrogen-bond acceptors (Lipinski definition) is 5. The van der Waals surface area contributed by atoms with E-state index >= 15 is 0 Å². The van der Waals surface area contributed by atoms with Crippen LogP contribution in [0.15, 0.2) is 6.07 Å². The van der Waals surface area contributed by atoms with E-state index < -0.39 is 0 Å². The fourth-order valence-corrected chi connectivity index (χ4v) is 1.99. The van der Waals surface area contributed by atoms with Gasteiger partial charge in [0.25, 0.3) is 11.8 Å². The Labute approximate surface area is 123 Å². The summed E-state index contributed by atoms with van der Waals surface area (Å²) in [6, 6.07) is 1.53. The van der Waals surface area contributed by atoms with Crippen LogP contribution in [0.2, 0.25) is 0 Å². The van der Waals surface area contributed by atoms with Crippen LogP contribution in [0.25, 0.3) is 0 Å². The predicted octanol–water partition coefficient (Wildman–Crippen LogP) is -0.593. The molecule has 1 N–H and O–H groups in total. The molecule has 0 radical (unpaired) electrons. The molecule has 1 aliphatic rings. The van der Waals surface area contributed by atoms with Crippen molar-refractivity contribution in [2.45, 2.75) is 6.92 Å². The molecular weight excluding hydrogens is 276 g/mol. The van der Waals surface area contributed by atoms with E-state index in [-0.39, 0.29) is 24.1 Å². The van der Waals surface area contributed by atoms with Crippen LogP contribution in [0.3, 0.4) is 0 Å². The number of carbonyl (C=O) groups is 2. The standard InChI is InChI=1S/C13H20N4O4/c1-3-14-13(19)10-8-12(16(2)15-10)21-9-11(18)17-4-6-20-7-5-17/h8H,3-7,9H2,1-2H3,(H,14,19). The highest BCUT2D eigenvalue weighted by atomic mass is 16.5. The van der Waals surface area contributed by atoms with Gasteiger partial charge in [-0.2, -0.15) is 5.10 Å². The maximum atomic E-state index is 12.0. The lowest BCUT2D eigenvalue weighted by atomic mass is 10.4. The molecule has 0 aliphatic carbocycles. The average molecular weight is 296 g/mol. The van der Waals surface area contributed by atoms with Gasteiger partial charge in [-0.1, -0.05) is 0 Å². The quantitative estimate of drug-likeness (QED) is 0.785. The molecule has 8 nitrogen and oxygen atoms in total. The zero-order valence-corrected chi connectivity index (χ0v) is 12.3. The fraction of sp³-hybridized carbons (Fsp3) is 0.615. The van der Waals surface area contributed by atoms with E-state index in [4.69, 9.17) is 9.47 Å². The molecule has 2 rings (SSSR count). The van der Waals surface area contributed by atoms with Crippen molar-refractivity contribution in [1.29, 1.82) is 0 Å². The van der Waals surface area contributed by atoms with Gasteiger partial charge in [-0.05, 0) is 6.92 Å². The maximum Gasteiger partial charge on any atom is 0.271 e. The van der Waals surface area contributed by atoms with Crippen LogP contribution in [0.1, 0.15) is 17.4 Å². The molecule has 0 aromatic carbocycles. The Morgan fingerprint density at radius 2 is 2.14 bits per heavy atom. The smallest absolute Gasteiger partial charge is 0.271 e. The van der Waals surface area contributed by atoms with Crippen molar-refractivity contribution < 1.29 is 19.1 Å². The minimum Gasteiger partial charge on any atom is -0.468 e. The Hall–Kier alpha value is -2.09. The van der Waals surface area contributed by atoms with Gasteiger partial charge >= 0.3 is 0 Å². The highest BCUT2D eigenvalue weighted by molar-refractivity contribution is 5.92. The second-order valence-electron chi connectivity index (χ2n) is 4.63. The van der Waals surface area contributed by atoms with Crippen LogP contribution >= 0.6 is 0 Å². The fourth-order valence-electron chi connectivity index (χ4n) is 1.99. The van der Waals surface area contributed by atoms with Gasteiger partial charge in [0.2, 0.25) is 5.88 Å². The van der Waals surface area contributed by atoms with Gasteiger partial charge in [0.05, 0.1) is 13.2 Å². The molecule has 0 saturated carbocycles. The van der Waals surface area contributed by atoms with Crippen molar-refractivity contribution in [1.82, 2.24) is 20.0 Å². The van der Waals surface area contributed by atoms with E-state index in [1.54, 1.807) is 11.9 Å². The zero-order valence-electron chi connectivity index (χ0n) is 12.3. The number of ether oxygens (including phenoxy) is 2. The molecule has 0 bridgehead atoms. The van der Waals surface area contributed by atoms with Gasteiger partial charge in [-0.3, -0.25) is 9.59 Å². The summed E-state index contributed by atoms with van der Waals surface area (Å²) in [5, 5.41) is 6.71. The third kappa shape index (κ3) is 3.94. The van der Waals surface area contributed by atoms with Crippen LogP contribution in [0.5, 0.6) is 5.88 Å². The summed E-state index contributed by atoms with van der Waals surface area (Å²) in [4.78, 5) is 25.3. The lowest BCUT2D eigenvalue weighted by Gasteiger charge is -2.26. The molecule has 8 heteroatoms. The predicted molar refractivity (Wildman–Crippen MR) is 74.1 cm³/mol. The Balaban J connectivity index is 1.90. The van der Waals surface area contributed by atoms with E-state index in [0.29, 0.717) is 38.7 Å². The van der Waals surface area contributed by atoms with Gasteiger partial charge in [-0.15, -0.1) is 0 Å². The zero-order chi connectivity index (χ0) is 15.2. The third-order valence-corrected chi connectivity index (χ3v) is 3.11. The van der Waals surface area contributed by atoms with Crippen molar-refractivity contribution in [3.63, 3.8) is 0 Å². The monoisotopic (exact) mass is 296 g/mol. The molecule has 2 heterocycles. The number of aryl methyl sites for hydroxylation is 1. The minimum atomic E-state index is -0.262. The molecule has 0 atom stereocenters. The molecule has 0 spiro atoms. The first-order chi connectivity index (χ1) is 10.1. The van der Waals surface area contributed by atoms with Crippen molar-refractivity contribution >= 4 is 11.8 Å².